The monoisotopic (exact) mass is 564 g/mol. The Bertz CT molecular complexity index is 1560. The highest BCUT2D eigenvalue weighted by molar-refractivity contribution is 6.06. The first kappa shape index (κ1) is 27.7. The molecule has 0 bridgehead atoms. The van der Waals surface area contributed by atoms with Crippen LogP contribution in [0.3, 0.4) is 0 Å². The number of pyridine rings is 1. The summed E-state index contributed by atoms with van der Waals surface area (Å²) in [5.41, 5.74) is -1.29. The highest BCUT2D eigenvalue weighted by atomic mass is 19.1. The van der Waals surface area contributed by atoms with Crippen molar-refractivity contribution < 1.29 is 28.6 Å². The minimum absolute atomic E-state index is 0.135. The van der Waals surface area contributed by atoms with Gasteiger partial charge in [-0.15, -0.1) is 0 Å². The molecule has 10 heteroatoms. The number of hydrogen-bond acceptors (Lipinski definition) is 6. The number of amides is 3. The fourth-order valence-electron chi connectivity index (χ4n) is 6.57. The van der Waals surface area contributed by atoms with Gasteiger partial charge in [0.1, 0.15) is 11.6 Å². The minimum atomic E-state index is -1.49. The number of aromatic nitrogens is 1. The lowest BCUT2D eigenvalue weighted by Gasteiger charge is -2.50. The number of anilines is 1. The summed E-state index contributed by atoms with van der Waals surface area (Å²) in [5, 5.41) is 25.0. The number of likely N-dealkylation sites (tertiary alicyclic amines) is 1. The van der Waals surface area contributed by atoms with Crippen LogP contribution in [0.25, 0.3) is 10.9 Å². The number of urea groups is 1. The molecule has 1 aliphatic carbocycles. The van der Waals surface area contributed by atoms with Crippen LogP contribution in [0.15, 0.2) is 42.6 Å². The van der Waals surface area contributed by atoms with E-state index in [1.54, 1.807) is 18.2 Å². The van der Waals surface area contributed by atoms with Gasteiger partial charge in [-0.3, -0.25) is 24.9 Å². The SMILES string of the molecule is CC1(C)CN(Cc2ccc(C3(O)CCC3)c(F)c2)CCC1(O)c1ccc2ncc(N3CCC(=O)NC3=O)cc2c1F. The Labute approximate surface area is 237 Å². The zero-order chi connectivity index (χ0) is 29.2. The minimum Gasteiger partial charge on any atom is -0.385 e. The fourth-order valence-corrected chi connectivity index (χ4v) is 6.57. The predicted octanol–water partition coefficient (Wildman–Crippen LogP) is 4.45. The normalized spacial score (nSPS) is 24.3. The number of carbonyl (C=O) groups is 2. The number of fused-ring (bicyclic) bond motifs is 1. The van der Waals surface area contributed by atoms with E-state index in [0.717, 1.165) is 12.0 Å². The van der Waals surface area contributed by atoms with Crippen molar-refractivity contribution in [3.63, 3.8) is 0 Å². The molecule has 2 aromatic carbocycles. The van der Waals surface area contributed by atoms with Gasteiger partial charge >= 0.3 is 6.03 Å². The van der Waals surface area contributed by atoms with Gasteiger partial charge in [-0.25, -0.2) is 13.6 Å². The van der Waals surface area contributed by atoms with Crippen LogP contribution in [0, 0.1) is 17.0 Å². The molecule has 3 heterocycles. The van der Waals surface area contributed by atoms with Crippen molar-refractivity contribution in [2.75, 3.05) is 24.5 Å². The molecule has 3 N–H and O–H groups in total. The smallest absolute Gasteiger partial charge is 0.328 e. The van der Waals surface area contributed by atoms with E-state index in [-0.39, 0.29) is 36.2 Å². The molecule has 1 atom stereocenters. The molecule has 0 spiro atoms. The van der Waals surface area contributed by atoms with Crippen molar-refractivity contribution >= 4 is 28.5 Å². The summed E-state index contributed by atoms with van der Waals surface area (Å²) in [6, 6.07) is 9.18. The summed E-state index contributed by atoms with van der Waals surface area (Å²) in [7, 11) is 0. The van der Waals surface area contributed by atoms with Crippen molar-refractivity contribution in [2.24, 2.45) is 5.41 Å². The molecular formula is C31H34F2N4O4. The van der Waals surface area contributed by atoms with Crippen LogP contribution in [-0.2, 0) is 22.5 Å². The molecule has 2 aliphatic heterocycles. The van der Waals surface area contributed by atoms with E-state index in [4.69, 9.17) is 0 Å². The molecule has 2 saturated heterocycles. The highest BCUT2D eigenvalue weighted by Crippen LogP contribution is 2.48. The molecule has 3 amide bonds. The van der Waals surface area contributed by atoms with Gasteiger partial charge in [-0.2, -0.15) is 0 Å². The third-order valence-corrected chi connectivity index (χ3v) is 9.25. The van der Waals surface area contributed by atoms with Crippen molar-refractivity contribution in [3.8, 4) is 0 Å². The summed E-state index contributed by atoms with van der Waals surface area (Å²) in [4.78, 5) is 31.7. The number of hydrogen-bond donors (Lipinski definition) is 3. The summed E-state index contributed by atoms with van der Waals surface area (Å²) in [5.74, 6) is -1.36. The van der Waals surface area contributed by atoms with Crippen LogP contribution in [0.1, 0.15) is 62.6 Å². The fraction of sp³-hybridized carbons (Fsp3) is 0.452. The number of imide groups is 1. The van der Waals surface area contributed by atoms with Crippen molar-refractivity contribution in [2.45, 2.75) is 63.7 Å². The zero-order valence-corrected chi connectivity index (χ0v) is 23.2. The number of benzene rings is 2. The maximum absolute atomic E-state index is 16.2. The maximum Gasteiger partial charge on any atom is 0.328 e. The number of nitrogens with one attached hydrogen (secondary N) is 1. The van der Waals surface area contributed by atoms with E-state index in [2.05, 4.69) is 15.2 Å². The quantitative estimate of drug-likeness (QED) is 0.423. The topological polar surface area (TPSA) is 106 Å². The number of piperidine rings is 1. The van der Waals surface area contributed by atoms with Gasteiger partial charge in [0.05, 0.1) is 28.6 Å². The van der Waals surface area contributed by atoms with Gasteiger partial charge in [-0.05, 0) is 49.4 Å². The molecule has 3 aromatic rings. The van der Waals surface area contributed by atoms with Crippen LogP contribution in [0.4, 0.5) is 19.3 Å². The lowest BCUT2D eigenvalue weighted by Crippen LogP contribution is -2.55. The molecule has 1 unspecified atom stereocenters. The predicted molar refractivity (Wildman–Crippen MR) is 149 cm³/mol. The molecule has 41 heavy (non-hydrogen) atoms. The zero-order valence-electron chi connectivity index (χ0n) is 23.2. The van der Waals surface area contributed by atoms with Gasteiger partial charge in [0.25, 0.3) is 0 Å². The highest BCUT2D eigenvalue weighted by Gasteiger charge is 2.50. The first-order valence-corrected chi connectivity index (χ1v) is 14.1. The van der Waals surface area contributed by atoms with Crippen molar-refractivity contribution in [1.82, 2.24) is 15.2 Å². The van der Waals surface area contributed by atoms with Crippen LogP contribution >= 0.6 is 0 Å². The van der Waals surface area contributed by atoms with Crippen molar-refractivity contribution in [1.29, 1.82) is 0 Å². The lowest BCUT2D eigenvalue weighted by molar-refractivity contribution is -0.128. The van der Waals surface area contributed by atoms with Gasteiger partial charge in [0.2, 0.25) is 5.91 Å². The molecule has 6 rings (SSSR count). The van der Waals surface area contributed by atoms with E-state index in [9.17, 15) is 24.2 Å². The van der Waals surface area contributed by atoms with Crippen LogP contribution < -0.4 is 10.2 Å². The second-order valence-corrected chi connectivity index (χ2v) is 12.3. The van der Waals surface area contributed by atoms with Gasteiger partial charge in [0.15, 0.2) is 0 Å². The lowest BCUT2D eigenvalue weighted by atomic mass is 9.66. The number of rotatable bonds is 5. The van der Waals surface area contributed by atoms with E-state index in [1.165, 1.54) is 23.2 Å². The van der Waals surface area contributed by atoms with Crippen molar-refractivity contribution in [3.05, 3.63) is 70.9 Å². The average Bonchev–Trinajstić information content (AvgIpc) is 2.90. The molecule has 0 radical (unpaired) electrons. The number of nitrogens with zero attached hydrogens (tertiary/aromatic N) is 3. The van der Waals surface area contributed by atoms with Gasteiger partial charge in [-0.1, -0.05) is 32.0 Å². The summed E-state index contributed by atoms with van der Waals surface area (Å²) in [6.45, 7) is 5.31. The Balaban J connectivity index is 1.24. The standard InChI is InChI=1S/C31H34F2N4O4/c1-29(2)18-36(17-19-4-5-22(24(32)14-19)30(40)9-3-10-30)13-11-31(29,41)23-6-7-25-21(27(23)33)15-20(16-34-25)37-12-8-26(38)35-28(37)39/h4-7,14-16,40-41H,3,8-13,17-18H2,1-2H3,(H,35,38,39). The molecule has 216 valence electrons. The molecule has 3 aliphatic rings. The Morgan fingerprint density at radius 1 is 1.00 bits per heavy atom. The molecule has 8 nitrogen and oxygen atoms in total. The average molecular weight is 565 g/mol. The Hall–Kier alpha value is -3.47. The second kappa shape index (κ2) is 9.82. The summed E-state index contributed by atoms with van der Waals surface area (Å²) >= 11 is 0. The molecule has 1 saturated carbocycles. The van der Waals surface area contributed by atoms with Crippen LogP contribution in [0.2, 0.25) is 0 Å². The van der Waals surface area contributed by atoms with Gasteiger partial charge in [0, 0.05) is 54.5 Å². The number of aliphatic hydroxyl groups is 2. The Morgan fingerprint density at radius 2 is 1.76 bits per heavy atom. The van der Waals surface area contributed by atoms with E-state index < -0.39 is 34.3 Å². The van der Waals surface area contributed by atoms with E-state index in [0.29, 0.717) is 49.2 Å². The summed E-state index contributed by atoms with van der Waals surface area (Å²) < 4.78 is 31.0. The number of halogens is 2. The molecule has 3 fully saturated rings. The Morgan fingerprint density at radius 3 is 2.41 bits per heavy atom. The summed E-state index contributed by atoms with van der Waals surface area (Å²) in [6.07, 6.45) is 3.88. The first-order chi connectivity index (χ1) is 19.4. The second-order valence-electron chi connectivity index (χ2n) is 12.3. The van der Waals surface area contributed by atoms with Crippen LogP contribution in [-0.4, -0.2) is 51.7 Å². The number of carbonyl (C=O) groups excluding carboxylic acids is 2. The Kier molecular flexibility index (Phi) is 6.63. The maximum atomic E-state index is 16.2. The van der Waals surface area contributed by atoms with E-state index in [1.807, 2.05) is 19.9 Å². The van der Waals surface area contributed by atoms with E-state index >= 15 is 4.39 Å². The molecular weight excluding hydrogens is 530 g/mol. The first-order valence-electron chi connectivity index (χ1n) is 14.1. The molecule has 1 aromatic heterocycles. The third-order valence-electron chi connectivity index (χ3n) is 9.25. The van der Waals surface area contributed by atoms with Gasteiger partial charge < -0.3 is 10.2 Å². The largest absolute Gasteiger partial charge is 0.385 e. The van der Waals surface area contributed by atoms with Crippen LogP contribution in [0.5, 0.6) is 0 Å². The third kappa shape index (κ3) is 4.67.